The van der Waals surface area contributed by atoms with E-state index in [9.17, 15) is 4.79 Å². The van der Waals surface area contributed by atoms with Gasteiger partial charge in [-0.2, -0.15) is 0 Å². The average molecular weight is 208 g/mol. The number of hydrogen-bond acceptors (Lipinski definition) is 3. The van der Waals surface area contributed by atoms with Gasteiger partial charge in [-0.25, -0.2) is 0 Å². The lowest BCUT2D eigenvalue weighted by Gasteiger charge is -2.23. The zero-order chi connectivity index (χ0) is 10.7. The molecule has 0 radical (unpaired) electrons. The maximum absolute atomic E-state index is 11.1. The highest BCUT2D eigenvalue weighted by Crippen LogP contribution is 2.14. The normalized spacial score (nSPS) is 21.5. The van der Waals surface area contributed by atoms with E-state index in [0.717, 1.165) is 26.0 Å². The Hall–Kier alpha value is -1.29. The van der Waals surface area contributed by atoms with Crippen molar-refractivity contribution in [2.75, 3.05) is 12.3 Å². The Labute approximate surface area is 88.7 Å². The van der Waals surface area contributed by atoms with E-state index in [4.69, 9.17) is 10.5 Å². The van der Waals surface area contributed by atoms with Crippen LogP contribution in [0.3, 0.4) is 0 Å². The fraction of sp³-hybridized carbons (Fsp3) is 0.545. The van der Waals surface area contributed by atoms with Crippen LogP contribution in [0.15, 0.2) is 23.3 Å². The molecule has 1 aliphatic heterocycles. The van der Waals surface area contributed by atoms with E-state index in [1.165, 1.54) is 12.5 Å². The second-order valence-electron chi connectivity index (χ2n) is 3.95. The molecule has 2 heterocycles. The van der Waals surface area contributed by atoms with E-state index < -0.39 is 0 Å². The van der Waals surface area contributed by atoms with Gasteiger partial charge in [-0.15, -0.1) is 0 Å². The molecule has 2 N–H and O–H groups in total. The van der Waals surface area contributed by atoms with Crippen molar-refractivity contribution in [3.05, 3.63) is 28.7 Å². The third kappa shape index (κ3) is 2.59. The molecule has 0 amide bonds. The molecule has 2 rings (SSSR count). The predicted octanol–water partition coefficient (Wildman–Crippen LogP) is 1.000. The molecule has 1 aromatic heterocycles. The first kappa shape index (κ1) is 10.2. The molecule has 82 valence electrons. The number of rotatable bonds is 2. The third-order valence-corrected chi connectivity index (χ3v) is 2.70. The van der Waals surface area contributed by atoms with E-state index in [1.54, 1.807) is 12.4 Å². The van der Waals surface area contributed by atoms with Gasteiger partial charge >= 0.3 is 0 Å². The summed E-state index contributed by atoms with van der Waals surface area (Å²) in [5.74, 6) is 0. The van der Waals surface area contributed by atoms with Crippen molar-refractivity contribution in [1.82, 2.24) is 4.57 Å². The standard InChI is InChI=1S/C11H16N2O2/c12-10-8-13(5-4-11(10)14)7-9-3-1-2-6-15-9/h4-5,8-9H,1-3,6-7,12H2. The number of aromatic nitrogens is 1. The smallest absolute Gasteiger partial charge is 0.204 e. The summed E-state index contributed by atoms with van der Waals surface area (Å²) in [6, 6.07) is 1.50. The number of ether oxygens (including phenoxy) is 1. The molecule has 0 spiro atoms. The number of nitrogen functional groups attached to an aromatic ring is 1. The molecule has 0 aliphatic carbocycles. The fourth-order valence-electron chi connectivity index (χ4n) is 1.85. The Morgan fingerprint density at radius 1 is 1.53 bits per heavy atom. The molecule has 1 saturated heterocycles. The number of nitrogens with two attached hydrogens (primary N) is 1. The molecule has 0 aromatic carbocycles. The van der Waals surface area contributed by atoms with E-state index in [-0.39, 0.29) is 11.5 Å². The number of anilines is 1. The largest absolute Gasteiger partial charge is 0.394 e. The summed E-state index contributed by atoms with van der Waals surface area (Å²) in [4.78, 5) is 11.1. The maximum atomic E-state index is 11.1. The lowest BCUT2D eigenvalue weighted by Crippen LogP contribution is -2.25. The quantitative estimate of drug-likeness (QED) is 0.788. The Morgan fingerprint density at radius 3 is 3.07 bits per heavy atom. The zero-order valence-corrected chi connectivity index (χ0v) is 8.69. The lowest BCUT2D eigenvalue weighted by molar-refractivity contribution is 0.00593. The molecule has 4 heteroatoms. The Bertz CT molecular complexity index is 380. The van der Waals surface area contributed by atoms with Crippen LogP contribution in [0.2, 0.25) is 0 Å². The first-order valence-corrected chi connectivity index (χ1v) is 5.33. The van der Waals surface area contributed by atoms with Crippen molar-refractivity contribution in [3.8, 4) is 0 Å². The van der Waals surface area contributed by atoms with Gasteiger partial charge in [-0.1, -0.05) is 0 Å². The van der Waals surface area contributed by atoms with Crippen LogP contribution in [0.25, 0.3) is 0 Å². The van der Waals surface area contributed by atoms with Crippen molar-refractivity contribution < 1.29 is 4.74 Å². The molecule has 0 bridgehead atoms. The number of pyridine rings is 1. The average Bonchev–Trinajstić information content (AvgIpc) is 2.25. The third-order valence-electron chi connectivity index (χ3n) is 2.70. The van der Waals surface area contributed by atoms with Crippen molar-refractivity contribution in [3.63, 3.8) is 0 Å². The van der Waals surface area contributed by atoms with Gasteiger partial charge in [0, 0.05) is 31.6 Å². The first-order chi connectivity index (χ1) is 7.25. The van der Waals surface area contributed by atoms with E-state index >= 15 is 0 Å². The van der Waals surface area contributed by atoms with Crippen LogP contribution in [0.1, 0.15) is 19.3 Å². The summed E-state index contributed by atoms with van der Waals surface area (Å²) in [5.41, 5.74) is 5.74. The highest BCUT2D eigenvalue weighted by Gasteiger charge is 2.13. The fourth-order valence-corrected chi connectivity index (χ4v) is 1.85. The van der Waals surface area contributed by atoms with Crippen LogP contribution in [-0.2, 0) is 11.3 Å². The minimum absolute atomic E-state index is 0.115. The summed E-state index contributed by atoms with van der Waals surface area (Å²) in [5, 5.41) is 0. The van der Waals surface area contributed by atoms with E-state index in [0.29, 0.717) is 5.69 Å². The first-order valence-electron chi connectivity index (χ1n) is 5.33. The molecule has 1 atom stereocenters. The minimum atomic E-state index is -0.115. The lowest BCUT2D eigenvalue weighted by atomic mass is 10.1. The van der Waals surface area contributed by atoms with E-state index in [2.05, 4.69) is 0 Å². The summed E-state index contributed by atoms with van der Waals surface area (Å²) in [6.07, 6.45) is 7.17. The van der Waals surface area contributed by atoms with Crippen molar-refractivity contribution in [2.24, 2.45) is 0 Å². The number of hydrogen-bond donors (Lipinski definition) is 1. The van der Waals surface area contributed by atoms with Crippen molar-refractivity contribution in [2.45, 2.75) is 31.9 Å². The molecule has 1 aromatic rings. The molecule has 1 unspecified atom stereocenters. The van der Waals surface area contributed by atoms with E-state index in [1.807, 2.05) is 4.57 Å². The Balaban J connectivity index is 2.03. The van der Waals surface area contributed by atoms with Crippen LogP contribution in [0.5, 0.6) is 0 Å². The summed E-state index contributed by atoms with van der Waals surface area (Å²) in [6.45, 7) is 1.63. The van der Waals surface area contributed by atoms with Gasteiger partial charge in [0.1, 0.15) is 0 Å². The Kier molecular flexibility index (Phi) is 3.06. The van der Waals surface area contributed by atoms with Crippen LogP contribution >= 0.6 is 0 Å². The van der Waals surface area contributed by atoms with Gasteiger partial charge in [0.25, 0.3) is 0 Å². The summed E-state index contributed by atoms with van der Waals surface area (Å²) < 4.78 is 7.54. The summed E-state index contributed by atoms with van der Waals surface area (Å²) in [7, 11) is 0. The Morgan fingerprint density at radius 2 is 2.40 bits per heavy atom. The summed E-state index contributed by atoms with van der Waals surface area (Å²) >= 11 is 0. The molecular formula is C11H16N2O2. The predicted molar refractivity (Wildman–Crippen MR) is 58.7 cm³/mol. The van der Waals surface area contributed by atoms with Crippen molar-refractivity contribution in [1.29, 1.82) is 0 Å². The number of nitrogens with zero attached hydrogens (tertiary/aromatic N) is 1. The molecule has 4 nitrogen and oxygen atoms in total. The molecule has 1 aliphatic rings. The van der Waals surface area contributed by atoms with Gasteiger partial charge in [-0.3, -0.25) is 4.79 Å². The highest BCUT2D eigenvalue weighted by atomic mass is 16.5. The monoisotopic (exact) mass is 208 g/mol. The SMILES string of the molecule is Nc1cn(CC2CCCCO2)ccc1=O. The topological polar surface area (TPSA) is 57.2 Å². The van der Waals surface area contributed by atoms with Crippen molar-refractivity contribution >= 4 is 5.69 Å². The zero-order valence-electron chi connectivity index (χ0n) is 8.69. The second kappa shape index (κ2) is 4.49. The molecular weight excluding hydrogens is 192 g/mol. The second-order valence-corrected chi connectivity index (χ2v) is 3.95. The van der Waals surface area contributed by atoms with Gasteiger partial charge in [0.15, 0.2) is 0 Å². The molecule has 15 heavy (non-hydrogen) atoms. The molecule has 0 saturated carbocycles. The van der Waals surface area contributed by atoms with Gasteiger partial charge in [-0.05, 0) is 19.3 Å². The highest BCUT2D eigenvalue weighted by molar-refractivity contribution is 5.33. The van der Waals surface area contributed by atoms with Crippen LogP contribution in [0, 0.1) is 0 Å². The maximum Gasteiger partial charge on any atom is 0.204 e. The van der Waals surface area contributed by atoms with Gasteiger partial charge in [0.05, 0.1) is 11.8 Å². The molecule has 1 fully saturated rings. The van der Waals surface area contributed by atoms with Gasteiger partial charge in [0.2, 0.25) is 5.43 Å². The van der Waals surface area contributed by atoms with Crippen LogP contribution in [0.4, 0.5) is 5.69 Å². The minimum Gasteiger partial charge on any atom is -0.394 e. The van der Waals surface area contributed by atoms with Gasteiger partial charge < -0.3 is 15.0 Å². The van der Waals surface area contributed by atoms with Crippen LogP contribution in [-0.4, -0.2) is 17.3 Å². The van der Waals surface area contributed by atoms with Crippen LogP contribution < -0.4 is 11.2 Å².